The summed E-state index contributed by atoms with van der Waals surface area (Å²) in [6.45, 7) is 2.28. The monoisotopic (exact) mass is 211 g/mol. The number of hydrogen-bond acceptors (Lipinski definition) is 0. The quantitative estimate of drug-likeness (QED) is 0.378. The van der Waals surface area contributed by atoms with Crippen LogP contribution in [0.2, 0.25) is 0 Å². The Labute approximate surface area is 93.6 Å². The van der Waals surface area contributed by atoms with Gasteiger partial charge < -0.3 is 0 Å². The molecule has 14 heavy (non-hydrogen) atoms. The van der Waals surface area contributed by atoms with Crippen LogP contribution in [-0.4, -0.2) is 10.2 Å². The molecule has 0 aliphatic heterocycles. The number of allylic oxidation sites excluding steroid dienone is 1. The van der Waals surface area contributed by atoms with Crippen LogP contribution in [0.15, 0.2) is 11.8 Å². The summed E-state index contributed by atoms with van der Waals surface area (Å²) in [5.74, 6) is 0. The van der Waals surface area contributed by atoms with Gasteiger partial charge in [-0.2, -0.15) is 0 Å². The van der Waals surface area contributed by atoms with Crippen molar-refractivity contribution in [2.75, 3.05) is 0 Å². The maximum absolute atomic E-state index is 2.29. The molecule has 0 unspecified atom stereocenters. The van der Waals surface area contributed by atoms with Gasteiger partial charge in [0.25, 0.3) is 0 Å². The summed E-state index contributed by atoms with van der Waals surface area (Å²) in [7, 11) is 1.93. The van der Waals surface area contributed by atoms with Gasteiger partial charge >= 0.3 is 0 Å². The van der Waals surface area contributed by atoms with Gasteiger partial charge in [0.1, 0.15) is 0 Å². The molecule has 0 spiro atoms. The fourth-order valence-corrected chi connectivity index (χ4v) is 1.93. The van der Waals surface area contributed by atoms with Crippen molar-refractivity contribution in [3.8, 4) is 0 Å². The summed E-state index contributed by atoms with van der Waals surface area (Å²) < 4.78 is 0. The Balaban J connectivity index is 2.85. The second-order valence-corrected chi connectivity index (χ2v) is 4.56. The van der Waals surface area contributed by atoms with Gasteiger partial charge in [-0.25, -0.2) is 0 Å². The summed E-state index contributed by atoms with van der Waals surface area (Å²) in [5, 5.41) is 0. The van der Waals surface area contributed by atoms with Gasteiger partial charge in [-0.05, 0) is 12.8 Å². The number of hydrogen-bond donors (Lipinski definition) is 0. The van der Waals surface area contributed by atoms with Gasteiger partial charge in [0.05, 0.1) is 0 Å². The first kappa shape index (κ1) is 14.0. The van der Waals surface area contributed by atoms with Crippen LogP contribution in [0.4, 0.5) is 0 Å². The van der Waals surface area contributed by atoms with Gasteiger partial charge in [-0.3, -0.25) is 0 Å². The molecule has 0 aliphatic rings. The van der Waals surface area contributed by atoms with Crippen molar-refractivity contribution in [1.82, 2.24) is 0 Å². The molecule has 1 heteroatoms. The molecule has 0 atom stereocenters. The second kappa shape index (κ2) is 13.0. The van der Waals surface area contributed by atoms with Crippen molar-refractivity contribution in [3.05, 3.63) is 11.8 Å². The van der Waals surface area contributed by atoms with Crippen molar-refractivity contribution in [2.45, 2.75) is 71.1 Å². The summed E-state index contributed by atoms with van der Waals surface area (Å²) in [6, 6.07) is 0. The molecular weight excluding hydrogens is 184 g/mol. The molecule has 0 saturated heterocycles. The van der Waals surface area contributed by atoms with Crippen LogP contribution >= 0.6 is 0 Å². The van der Waals surface area contributed by atoms with E-state index in [0.717, 1.165) is 0 Å². The lowest BCUT2D eigenvalue weighted by Crippen LogP contribution is -1.80. The van der Waals surface area contributed by atoms with Gasteiger partial charge in [-0.15, -0.1) is 5.70 Å². The van der Waals surface area contributed by atoms with Gasteiger partial charge in [-0.1, -0.05) is 64.4 Å². The average molecular weight is 211 g/mol. The highest BCUT2D eigenvalue weighted by Gasteiger charge is 1.90. The maximum Gasteiger partial charge on any atom is 0.0373 e. The molecule has 0 aromatic heterocycles. The summed E-state index contributed by atoms with van der Waals surface area (Å²) in [4.78, 5) is 0. The first-order chi connectivity index (χ1) is 6.91. The summed E-state index contributed by atoms with van der Waals surface area (Å²) in [6.07, 6.45) is 16.5. The van der Waals surface area contributed by atoms with Crippen molar-refractivity contribution in [3.63, 3.8) is 0 Å². The Bertz CT molecular complexity index is 118. The van der Waals surface area contributed by atoms with Crippen molar-refractivity contribution in [1.29, 1.82) is 0 Å². The molecule has 0 N–H and O–H groups in total. The van der Waals surface area contributed by atoms with Crippen LogP contribution in [0.5, 0.6) is 0 Å². The van der Waals surface area contributed by atoms with E-state index in [-0.39, 0.29) is 0 Å². The van der Waals surface area contributed by atoms with Gasteiger partial charge in [0, 0.05) is 10.2 Å². The van der Waals surface area contributed by atoms with E-state index in [4.69, 9.17) is 0 Å². The topological polar surface area (TPSA) is 0 Å². The lowest BCUT2D eigenvalue weighted by molar-refractivity contribution is 0.566. The molecule has 0 amide bonds. The SMILES string of the molecule is CCCCCCCCCCC/C=C/[SiH2]. The Morgan fingerprint density at radius 2 is 1.29 bits per heavy atom. The highest BCUT2D eigenvalue weighted by atomic mass is 28.1. The minimum atomic E-state index is 1.29. The van der Waals surface area contributed by atoms with Crippen LogP contribution < -0.4 is 0 Å². The highest BCUT2D eigenvalue weighted by Crippen LogP contribution is 2.10. The predicted molar refractivity (Wildman–Crippen MR) is 69.5 cm³/mol. The Kier molecular flexibility index (Phi) is 12.9. The molecule has 0 bridgehead atoms. The molecular formula is C13H27Si. The number of unbranched alkanes of at least 4 members (excludes halogenated alkanes) is 9. The third-order valence-corrected chi connectivity index (χ3v) is 2.97. The first-order valence-corrected chi connectivity index (χ1v) is 7.17. The molecule has 0 heterocycles. The third-order valence-electron chi connectivity index (χ3n) is 2.64. The largest absolute Gasteiger partial charge is 0.108 e. The number of rotatable bonds is 10. The van der Waals surface area contributed by atoms with E-state index in [0.29, 0.717) is 0 Å². The minimum absolute atomic E-state index is 1.29. The van der Waals surface area contributed by atoms with Crippen LogP contribution in [0.25, 0.3) is 0 Å². The first-order valence-electron chi connectivity index (χ1n) is 6.36. The predicted octanol–water partition coefficient (Wildman–Crippen LogP) is 4.05. The molecule has 0 aromatic rings. The Hall–Kier alpha value is -0.0431. The second-order valence-electron chi connectivity index (χ2n) is 4.09. The fraction of sp³-hybridized carbons (Fsp3) is 0.846. The van der Waals surface area contributed by atoms with E-state index in [2.05, 4.69) is 18.7 Å². The molecule has 83 valence electrons. The zero-order valence-electron chi connectivity index (χ0n) is 9.93. The molecule has 1 radical (unpaired) electrons. The summed E-state index contributed by atoms with van der Waals surface area (Å²) >= 11 is 0. The van der Waals surface area contributed by atoms with Crippen LogP contribution in [0.3, 0.4) is 0 Å². The highest BCUT2D eigenvalue weighted by molar-refractivity contribution is 6.16. The Morgan fingerprint density at radius 3 is 1.79 bits per heavy atom. The maximum atomic E-state index is 2.29. The van der Waals surface area contributed by atoms with E-state index >= 15 is 0 Å². The third kappa shape index (κ3) is 12.0. The van der Waals surface area contributed by atoms with Crippen LogP contribution in [0.1, 0.15) is 71.1 Å². The normalized spacial score (nSPS) is 11.3. The fourth-order valence-electron chi connectivity index (χ4n) is 1.69. The van der Waals surface area contributed by atoms with E-state index < -0.39 is 0 Å². The van der Waals surface area contributed by atoms with E-state index in [9.17, 15) is 0 Å². The molecule has 0 rings (SSSR count). The molecule has 0 aliphatic carbocycles. The molecule has 0 fully saturated rings. The van der Waals surface area contributed by atoms with Gasteiger partial charge in [0.15, 0.2) is 0 Å². The lowest BCUT2D eigenvalue weighted by atomic mass is 10.1. The van der Waals surface area contributed by atoms with Crippen molar-refractivity contribution >= 4 is 10.2 Å². The Morgan fingerprint density at radius 1 is 0.786 bits per heavy atom. The smallest absolute Gasteiger partial charge is 0.0373 e. The standard InChI is InChI=1S/C13H27Si/c1-2-3-4-5-6-7-8-9-10-11-12-13-14/h12-13H,2-11,14H2,1H3/b13-12+. The van der Waals surface area contributed by atoms with Crippen molar-refractivity contribution < 1.29 is 0 Å². The molecule has 0 saturated carbocycles. The van der Waals surface area contributed by atoms with E-state index in [1.165, 1.54) is 64.2 Å². The van der Waals surface area contributed by atoms with Crippen LogP contribution in [0, 0.1) is 0 Å². The molecule has 0 aromatic carbocycles. The zero-order valence-corrected chi connectivity index (χ0v) is 11.3. The van der Waals surface area contributed by atoms with Crippen molar-refractivity contribution in [2.24, 2.45) is 0 Å². The van der Waals surface area contributed by atoms with Gasteiger partial charge in [0.2, 0.25) is 0 Å². The zero-order chi connectivity index (χ0) is 10.5. The van der Waals surface area contributed by atoms with Crippen LogP contribution in [-0.2, 0) is 0 Å². The summed E-state index contributed by atoms with van der Waals surface area (Å²) in [5.41, 5.74) is 2.19. The lowest BCUT2D eigenvalue weighted by Gasteiger charge is -2.00. The van der Waals surface area contributed by atoms with E-state index in [1.54, 1.807) is 0 Å². The average Bonchev–Trinajstić information content (AvgIpc) is 2.21. The molecule has 0 nitrogen and oxygen atoms in total. The minimum Gasteiger partial charge on any atom is -0.108 e. The van der Waals surface area contributed by atoms with E-state index in [1.807, 2.05) is 10.2 Å².